The lowest BCUT2D eigenvalue weighted by molar-refractivity contribution is 0.611. The maximum absolute atomic E-state index is 13.4. The molecule has 1 atom stereocenters. The standard InChI is InChI=1S/C16H17ClF2N2/c1-2-21(13-5-3-4-12(18)9-13)16(10-20)11-6-7-15(19)14(17)8-11/h3-9,16H,2,10,20H2,1H3. The maximum Gasteiger partial charge on any atom is 0.141 e. The Kier molecular flexibility index (Phi) is 5.15. The molecule has 0 radical (unpaired) electrons. The Labute approximate surface area is 128 Å². The van der Waals surface area contributed by atoms with Crippen molar-refractivity contribution in [3.8, 4) is 0 Å². The Hall–Kier alpha value is -1.65. The fourth-order valence-electron chi connectivity index (χ4n) is 2.40. The highest BCUT2D eigenvalue weighted by molar-refractivity contribution is 6.30. The van der Waals surface area contributed by atoms with Crippen molar-refractivity contribution in [1.82, 2.24) is 0 Å². The second kappa shape index (κ2) is 6.87. The molecule has 0 amide bonds. The second-order valence-corrected chi connectivity index (χ2v) is 5.10. The molecule has 0 aliphatic carbocycles. The second-order valence-electron chi connectivity index (χ2n) is 4.69. The van der Waals surface area contributed by atoms with Gasteiger partial charge >= 0.3 is 0 Å². The number of hydrogen-bond donors (Lipinski definition) is 1. The van der Waals surface area contributed by atoms with Crippen molar-refractivity contribution in [2.45, 2.75) is 13.0 Å². The number of halogens is 3. The lowest BCUT2D eigenvalue weighted by Gasteiger charge is -2.32. The number of rotatable bonds is 5. The third kappa shape index (κ3) is 3.52. The molecular weight excluding hydrogens is 294 g/mol. The van der Waals surface area contributed by atoms with Gasteiger partial charge in [0.1, 0.15) is 11.6 Å². The third-order valence-corrected chi connectivity index (χ3v) is 3.70. The van der Waals surface area contributed by atoms with Crippen LogP contribution in [-0.4, -0.2) is 13.1 Å². The maximum atomic E-state index is 13.4. The largest absolute Gasteiger partial charge is 0.363 e. The number of benzene rings is 2. The highest BCUT2D eigenvalue weighted by atomic mass is 35.5. The van der Waals surface area contributed by atoms with Gasteiger partial charge in [0, 0.05) is 18.8 Å². The number of hydrogen-bond acceptors (Lipinski definition) is 2. The molecule has 0 heterocycles. The molecule has 2 aromatic rings. The molecule has 0 aromatic heterocycles. The minimum Gasteiger partial charge on any atom is -0.363 e. The fraction of sp³-hybridized carbons (Fsp3) is 0.250. The summed E-state index contributed by atoms with van der Waals surface area (Å²) in [6.45, 7) is 2.91. The minimum absolute atomic E-state index is 0.0567. The molecular formula is C16H17ClF2N2. The molecule has 112 valence electrons. The van der Waals surface area contributed by atoms with Crippen molar-refractivity contribution in [2.24, 2.45) is 5.73 Å². The van der Waals surface area contributed by atoms with Crippen LogP contribution in [0.1, 0.15) is 18.5 Å². The molecule has 21 heavy (non-hydrogen) atoms. The van der Waals surface area contributed by atoms with E-state index in [1.165, 1.54) is 18.2 Å². The number of likely N-dealkylation sites (N-methyl/N-ethyl adjacent to an activating group) is 1. The summed E-state index contributed by atoms with van der Waals surface area (Å²) in [6.07, 6.45) is 0. The average Bonchev–Trinajstić information content (AvgIpc) is 2.47. The van der Waals surface area contributed by atoms with E-state index in [1.54, 1.807) is 18.2 Å². The van der Waals surface area contributed by atoms with Crippen molar-refractivity contribution in [3.63, 3.8) is 0 Å². The van der Waals surface area contributed by atoms with E-state index in [9.17, 15) is 8.78 Å². The lowest BCUT2D eigenvalue weighted by Crippen LogP contribution is -2.33. The zero-order valence-electron chi connectivity index (χ0n) is 11.7. The zero-order chi connectivity index (χ0) is 15.4. The smallest absolute Gasteiger partial charge is 0.141 e. The van der Waals surface area contributed by atoms with Crippen LogP contribution >= 0.6 is 11.6 Å². The van der Waals surface area contributed by atoms with Crippen LogP contribution in [0.25, 0.3) is 0 Å². The van der Waals surface area contributed by atoms with Gasteiger partial charge in [0.05, 0.1) is 11.1 Å². The zero-order valence-corrected chi connectivity index (χ0v) is 12.4. The van der Waals surface area contributed by atoms with Gasteiger partial charge in [0.15, 0.2) is 0 Å². The molecule has 5 heteroatoms. The number of anilines is 1. The van der Waals surface area contributed by atoms with Crippen LogP contribution in [0.4, 0.5) is 14.5 Å². The quantitative estimate of drug-likeness (QED) is 0.899. The normalized spacial score (nSPS) is 12.2. The number of nitrogens with two attached hydrogens (primary N) is 1. The van der Waals surface area contributed by atoms with Crippen LogP contribution in [0.3, 0.4) is 0 Å². The SMILES string of the molecule is CCN(c1cccc(F)c1)C(CN)c1ccc(F)c(Cl)c1. The summed E-state index contributed by atoms with van der Waals surface area (Å²) in [5.41, 5.74) is 7.40. The average molecular weight is 311 g/mol. The molecule has 2 N–H and O–H groups in total. The summed E-state index contributed by atoms with van der Waals surface area (Å²) >= 11 is 5.84. The number of nitrogens with zero attached hydrogens (tertiary/aromatic N) is 1. The summed E-state index contributed by atoms with van der Waals surface area (Å²) < 4.78 is 26.7. The van der Waals surface area contributed by atoms with Gasteiger partial charge in [-0.05, 0) is 42.8 Å². The van der Waals surface area contributed by atoms with Gasteiger partial charge in [0.2, 0.25) is 0 Å². The van der Waals surface area contributed by atoms with E-state index in [4.69, 9.17) is 17.3 Å². The minimum atomic E-state index is -0.468. The van der Waals surface area contributed by atoms with Crippen molar-refractivity contribution < 1.29 is 8.78 Å². The van der Waals surface area contributed by atoms with Crippen molar-refractivity contribution >= 4 is 17.3 Å². The molecule has 0 aliphatic rings. The topological polar surface area (TPSA) is 29.3 Å². The molecule has 2 nitrogen and oxygen atoms in total. The monoisotopic (exact) mass is 310 g/mol. The third-order valence-electron chi connectivity index (χ3n) is 3.41. The lowest BCUT2D eigenvalue weighted by atomic mass is 10.0. The van der Waals surface area contributed by atoms with Crippen molar-refractivity contribution in [2.75, 3.05) is 18.0 Å². The van der Waals surface area contributed by atoms with Crippen LogP contribution in [0, 0.1) is 11.6 Å². The first kappa shape index (κ1) is 15.7. The first-order valence-corrected chi connectivity index (χ1v) is 7.11. The van der Waals surface area contributed by atoms with Gasteiger partial charge in [-0.2, -0.15) is 0 Å². The molecule has 0 fully saturated rings. The molecule has 0 bridgehead atoms. The van der Waals surface area contributed by atoms with Gasteiger partial charge in [0.25, 0.3) is 0 Å². The van der Waals surface area contributed by atoms with Gasteiger partial charge < -0.3 is 10.6 Å². The van der Waals surface area contributed by atoms with E-state index in [2.05, 4.69) is 0 Å². The van der Waals surface area contributed by atoms with Gasteiger partial charge in [-0.3, -0.25) is 0 Å². The van der Waals surface area contributed by atoms with Gasteiger partial charge in [-0.1, -0.05) is 23.7 Å². The van der Waals surface area contributed by atoms with Crippen LogP contribution in [-0.2, 0) is 0 Å². The Balaban J connectivity index is 2.39. The van der Waals surface area contributed by atoms with E-state index in [0.29, 0.717) is 13.1 Å². The van der Waals surface area contributed by atoms with E-state index < -0.39 is 5.82 Å². The van der Waals surface area contributed by atoms with Crippen LogP contribution in [0.15, 0.2) is 42.5 Å². The summed E-state index contributed by atoms with van der Waals surface area (Å²) in [5, 5.41) is 0.0567. The Bertz CT molecular complexity index is 619. The fourth-order valence-corrected chi connectivity index (χ4v) is 2.59. The van der Waals surface area contributed by atoms with Crippen molar-refractivity contribution in [3.05, 3.63) is 64.7 Å². The molecule has 0 saturated carbocycles. The summed E-state index contributed by atoms with van der Waals surface area (Å²) in [5.74, 6) is -0.774. The first-order chi connectivity index (χ1) is 10.1. The molecule has 0 saturated heterocycles. The van der Waals surface area contributed by atoms with Crippen LogP contribution in [0.2, 0.25) is 5.02 Å². The molecule has 2 aromatic carbocycles. The van der Waals surface area contributed by atoms with Gasteiger partial charge in [-0.25, -0.2) is 8.78 Å². The predicted octanol–water partition coefficient (Wildman–Crippen LogP) is 4.14. The molecule has 2 rings (SSSR count). The first-order valence-electron chi connectivity index (χ1n) is 6.74. The molecule has 1 unspecified atom stereocenters. The summed E-state index contributed by atoms with van der Waals surface area (Å²) in [7, 11) is 0. The highest BCUT2D eigenvalue weighted by Gasteiger charge is 2.19. The van der Waals surface area contributed by atoms with Crippen LogP contribution in [0.5, 0.6) is 0 Å². The summed E-state index contributed by atoms with van der Waals surface area (Å²) in [6, 6.07) is 10.7. The van der Waals surface area contributed by atoms with Gasteiger partial charge in [-0.15, -0.1) is 0 Å². The Morgan fingerprint density at radius 2 is 1.95 bits per heavy atom. The summed E-state index contributed by atoms with van der Waals surface area (Å²) in [4.78, 5) is 1.96. The molecule has 0 spiro atoms. The Morgan fingerprint density at radius 1 is 1.19 bits per heavy atom. The van der Waals surface area contributed by atoms with E-state index in [1.807, 2.05) is 17.9 Å². The molecule has 0 aliphatic heterocycles. The Morgan fingerprint density at radius 3 is 2.52 bits per heavy atom. The predicted molar refractivity (Wildman–Crippen MR) is 82.6 cm³/mol. The van der Waals surface area contributed by atoms with E-state index in [0.717, 1.165) is 11.3 Å². The van der Waals surface area contributed by atoms with E-state index >= 15 is 0 Å². The van der Waals surface area contributed by atoms with E-state index in [-0.39, 0.29) is 16.9 Å². The van der Waals surface area contributed by atoms with Crippen molar-refractivity contribution in [1.29, 1.82) is 0 Å². The van der Waals surface area contributed by atoms with Crippen LogP contribution < -0.4 is 10.6 Å². The highest BCUT2D eigenvalue weighted by Crippen LogP contribution is 2.29.